The molecule has 4 nitrogen and oxygen atoms in total. The van der Waals surface area contributed by atoms with Crippen molar-refractivity contribution in [3.05, 3.63) is 88.4 Å². The second-order valence-corrected chi connectivity index (χ2v) is 9.28. The summed E-state index contributed by atoms with van der Waals surface area (Å²) in [5.41, 5.74) is 4.72. The zero-order chi connectivity index (χ0) is 22.4. The number of thioether (sulfide) groups is 1. The van der Waals surface area contributed by atoms with Gasteiger partial charge in [0, 0.05) is 21.3 Å². The number of benzene rings is 3. The van der Waals surface area contributed by atoms with E-state index in [1.807, 2.05) is 75.4 Å². The fourth-order valence-electron chi connectivity index (χ4n) is 2.96. The second-order valence-electron chi connectivity index (χ2n) is 7.43. The van der Waals surface area contributed by atoms with Crippen LogP contribution in [0.1, 0.15) is 23.6 Å². The highest BCUT2D eigenvalue weighted by Gasteiger charge is 2.15. The minimum absolute atomic E-state index is 0.0644. The van der Waals surface area contributed by atoms with Gasteiger partial charge in [0.15, 0.2) is 0 Å². The van der Waals surface area contributed by atoms with Crippen molar-refractivity contribution in [1.82, 2.24) is 0 Å². The van der Waals surface area contributed by atoms with Crippen LogP contribution in [0.2, 0.25) is 5.02 Å². The van der Waals surface area contributed by atoms with Crippen LogP contribution < -0.4 is 10.6 Å². The number of rotatable bonds is 7. The van der Waals surface area contributed by atoms with Crippen molar-refractivity contribution in [3.63, 3.8) is 0 Å². The Labute approximate surface area is 192 Å². The highest BCUT2D eigenvalue weighted by atomic mass is 35.5. The lowest BCUT2D eigenvalue weighted by molar-refractivity contribution is -0.116. The van der Waals surface area contributed by atoms with Crippen LogP contribution in [-0.2, 0) is 16.0 Å². The number of hydrogen-bond donors (Lipinski definition) is 2. The number of hydrogen-bond acceptors (Lipinski definition) is 3. The molecule has 31 heavy (non-hydrogen) atoms. The van der Waals surface area contributed by atoms with Crippen LogP contribution in [-0.4, -0.2) is 17.1 Å². The highest BCUT2D eigenvalue weighted by molar-refractivity contribution is 8.00. The van der Waals surface area contributed by atoms with Crippen molar-refractivity contribution in [1.29, 1.82) is 0 Å². The van der Waals surface area contributed by atoms with Gasteiger partial charge in [0.1, 0.15) is 0 Å². The lowest BCUT2D eigenvalue weighted by atomic mass is 10.1. The molecular weight excluding hydrogens is 428 g/mol. The van der Waals surface area contributed by atoms with Gasteiger partial charge in [0.05, 0.1) is 11.7 Å². The molecule has 2 amide bonds. The van der Waals surface area contributed by atoms with Crippen LogP contribution in [0.25, 0.3) is 0 Å². The standard InChI is InChI=1S/C25H25ClN2O2S/c1-16-7-12-22(13-17(16)2)28-25(30)18(3)31-23-6-4-5-21(15-23)27-24(29)14-19-8-10-20(26)11-9-19/h4-13,15,18H,14H2,1-3H3,(H,27,29)(H,28,30). The topological polar surface area (TPSA) is 58.2 Å². The summed E-state index contributed by atoms with van der Waals surface area (Å²) < 4.78 is 0. The lowest BCUT2D eigenvalue weighted by Crippen LogP contribution is -2.22. The van der Waals surface area contributed by atoms with E-state index in [0.717, 1.165) is 21.7 Å². The molecule has 3 aromatic carbocycles. The minimum Gasteiger partial charge on any atom is -0.326 e. The molecule has 160 valence electrons. The van der Waals surface area contributed by atoms with Crippen molar-refractivity contribution in [3.8, 4) is 0 Å². The molecule has 3 rings (SSSR count). The molecule has 0 aromatic heterocycles. The molecule has 2 N–H and O–H groups in total. The van der Waals surface area contributed by atoms with Gasteiger partial charge in [-0.05, 0) is 79.9 Å². The maximum Gasteiger partial charge on any atom is 0.237 e. The van der Waals surface area contributed by atoms with Crippen LogP contribution >= 0.6 is 23.4 Å². The first-order valence-electron chi connectivity index (χ1n) is 9.99. The van der Waals surface area contributed by atoms with Crippen LogP contribution in [0.5, 0.6) is 0 Å². The van der Waals surface area contributed by atoms with E-state index in [4.69, 9.17) is 11.6 Å². The van der Waals surface area contributed by atoms with Gasteiger partial charge in [0.2, 0.25) is 11.8 Å². The van der Waals surface area contributed by atoms with E-state index in [1.54, 1.807) is 12.1 Å². The number of nitrogens with one attached hydrogen (secondary N) is 2. The van der Waals surface area contributed by atoms with E-state index in [9.17, 15) is 9.59 Å². The van der Waals surface area contributed by atoms with E-state index in [2.05, 4.69) is 10.6 Å². The number of anilines is 2. The Balaban J connectivity index is 1.57. The molecule has 0 aliphatic carbocycles. The fourth-order valence-corrected chi connectivity index (χ4v) is 4.01. The maximum absolute atomic E-state index is 12.6. The number of aryl methyl sites for hydroxylation is 2. The summed E-state index contributed by atoms with van der Waals surface area (Å²) in [6, 6.07) is 20.6. The summed E-state index contributed by atoms with van der Waals surface area (Å²) >= 11 is 7.33. The van der Waals surface area contributed by atoms with Crippen LogP contribution in [0.3, 0.4) is 0 Å². The molecule has 0 heterocycles. The smallest absolute Gasteiger partial charge is 0.237 e. The molecule has 1 unspecified atom stereocenters. The van der Waals surface area contributed by atoms with Gasteiger partial charge in [-0.2, -0.15) is 0 Å². The van der Waals surface area contributed by atoms with Crippen molar-refractivity contribution in [2.45, 2.75) is 37.3 Å². The van der Waals surface area contributed by atoms with Crippen LogP contribution in [0.15, 0.2) is 71.6 Å². The number of amides is 2. The van der Waals surface area contributed by atoms with Gasteiger partial charge >= 0.3 is 0 Å². The fraction of sp³-hybridized carbons (Fsp3) is 0.200. The van der Waals surface area contributed by atoms with Crippen LogP contribution in [0, 0.1) is 13.8 Å². The molecule has 0 spiro atoms. The Morgan fingerprint density at radius 1 is 0.903 bits per heavy atom. The lowest BCUT2D eigenvalue weighted by Gasteiger charge is -2.14. The molecular formula is C25H25ClN2O2S. The Morgan fingerprint density at radius 2 is 1.61 bits per heavy atom. The van der Waals surface area contributed by atoms with Gasteiger partial charge in [-0.1, -0.05) is 35.9 Å². The zero-order valence-electron chi connectivity index (χ0n) is 17.7. The Hall–Kier alpha value is -2.76. The molecule has 0 bridgehead atoms. The van der Waals surface area contributed by atoms with Gasteiger partial charge in [-0.25, -0.2) is 0 Å². The maximum atomic E-state index is 12.6. The van der Waals surface area contributed by atoms with E-state index in [0.29, 0.717) is 10.7 Å². The van der Waals surface area contributed by atoms with Crippen LogP contribution in [0.4, 0.5) is 11.4 Å². The Bertz CT molecular complexity index is 1080. The third-order valence-corrected chi connectivity index (χ3v) is 6.20. The molecule has 0 aliphatic heterocycles. The van der Waals surface area contributed by atoms with Crippen molar-refractivity contribution < 1.29 is 9.59 Å². The molecule has 3 aromatic rings. The average molecular weight is 453 g/mol. The monoisotopic (exact) mass is 452 g/mol. The van der Waals surface area contributed by atoms with E-state index >= 15 is 0 Å². The predicted molar refractivity (Wildman–Crippen MR) is 130 cm³/mol. The Kier molecular flexibility index (Phi) is 7.77. The summed E-state index contributed by atoms with van der Waals surface area (Å²) in [5.74, 6) is -0.171. The molecule has 0 fully saturated rings. The summed E-state index contributed by atoms with van der Waals surface area (Å²) in [6.07, 6.45) is 0.267. The first-order valence-corrected chi connectivity index (χ1v) is 11.2. The first kappa shape index (κ1) is 22.9. The Morgan fingerprint density at radius 3 is 2.32 bits per heavy atom. The number of halogens is 1. The van der Waals surface area contributed by atoms with E-state index in [-0.39, 0.29) is 23.5 Å². The van der Waals surface area contributed by atoms with Gasteiger partial charge in [0.25, 0.3) is 0 Å². The van der Waals surface area contributed by atoms with Gasteiger partial charge in [-0.3, -0.25) is 9.59 Å². The normalized spacial score (nSPS) is 11.6. The van der Waals surface area contributed by atoms with E-state index in [1.165, 1.54) is 17.3 Å². The number of carbonyl (C=O) groups is 2. The quantitative estimate of drug-likeness (QED) is 0.416. The first-order chi connectivity index (χ1) is 14.8. The number of carbonyl (C=O) groups excluding carboxylic acids is 2. The summed E-state index contributed by atoms with van der Waals surface area (Å²) in [6.45, 7) is 5.93. The molecule has 0 saturated heterocycles. The molecule has 0 saturated carbocycles. The van der Waals surface area contributed by atoms with Gasteiger partial charge < -0.3 is 10.6 Å². The zero-order valence-corrected chi connectivity index (χ0v) is 19.3. The molecule has 6 heteroatoms. The van der Waals surface area contributed by atoms with Crippen molar-refractivity contribution in [2.75, 3.05) is 10.6 Å². The largest absolute Gasteiger partial charge is 0.326 e. The predicted octanol–water partition coefficient (Wildman–Crippen LogP) is 6.26. The molecule has 0 radical (unpaired) electrons. The average Bonchev–Trinajstić information content (AvgIpc) is 2.72. The summed E-state index contributed by atoms with van der Waals surface area (Å²) in [5, 5.41) is 6.24. The third kappa shape index (κ3) is 6.88. The van der Waals surface area contributed by atoms with E-state index < -0.39 is 0 Å². The molecule has 0 aliphatic rings. The summed E-state index contributed by atoms with van der Waals surface area (Å²) in [4.78, 5) is 25.8. The SMILES string of the molecule is Cc1ccc(NC(=O)C(C)Sc2cccc(NC(=O)Cc3ccc(Cl)cc3)c2)cc1C. The highest BCUT2D eigenvalue weighted by Crippen LogP contribution is 2.27. The minimum atomic E-state index is -0.290. The third-order valence-electron chi connectivity index (χ3n) is 4.85. The molecule has 1 atom stereocenters. The summed E-state index contributed by atoms with van der Waals surface area (Å²) in [7, 11) is 0. The van der Waals surface area contributed by atoms with Crippen molar-refractivity contribution >= 4 is 46.6 Å². The van der Waals surface area contributed by atoms with Crippen molar-refractivity contribution in [2.24, 2.45) is 0 Å². The second kappa shape index (κ2) is 10.5. The van der Waals surface area contributed by atoms with Gasteiger partial charge in [-0.15, -0.1) is 11.8 Å².